The summed E-state index contributed by atoms with van der Waals surface area (Å²) in [6, 6.07) is 11.6. The van der Waals surface area contributed by atoms with Gasteiger partial charge in [-0.15, -0.1) is 0 Å². The number of aromatic hydroxyl groups is 1. The van der Waals surface area contributed by atoms with Gasteiger partial charge in [0.2, 0.25) is 5.91 Å². The highest BCUT2D eigenvalue weighted by Gasteiger charge is 2.82. The lowest BCUT2D eigenvalue weighted by Gasteiger charge is -2.56. The number of nitrogens with one attached hydrogen (secondary N) is 2. The first-order chi connectivity index (χ1) is 24.1. The highest BCUT2D eigenvalue weighted by Crippen LogP contribution is 2.75. The predicted molar refractivity (Wildman–Crippen MR) is 182 cm³/mol. The molecule has 1 unspecified atom stereocenters. The van der Waals surface area contributed by atoms with Gasteiger partial charge in [0.15, 0.2) is 23.7 Å². The maximum absolute atomic E-state index is 13.3. The van der Waals surface area contributed by atoms with Crippen LogP contribution in [0.15, 0.2) is 54.3 Å². The second kappa shape index (κ2) is 12.3. The van der Waals surface area contributed by atoms with Gasteiger partial charge in [-0.25, -0.2) is 9.59 Å². The fraction of sp³-hybridized carbons (Fsp3) is 0.526. The molecule has 51 heavy (non-hydrogen) atoms. The minimum atomic E-state index is -1.29. The molecule has 2 bridgehead atoms. The van der Waals surface area contributed by atoms with Crippen LogP contribution in [0.3, 0.4) is 0 Å². The van der Waals surface area contributed by atoms with Crippen LogP contribution in [0.5, 0.6) is 11.5 Å². The Morgan fingerprint density at radius 2 is 1.86 bits per heavy atom. The second-order valence-corrected chi connectivity index (χ2v) is 15.7. The van der Waals surface area contributed by atoms with Crippen molar-refractivity contribution < 1.29 is 48.3 Å². The Morgan fingerprint density at radius 3 is 2.57 bits per heavy atom. The number of aliphatic hydroxyl groups is 1. The molecule has 1 saturated heterocycles. The van der Waals surface area contributed by atoms with Crippen molar-refractivity contribution in [3.05, 3.63) is 71.0 Å². The summed E-state index contributed by atoms with van der Waals surface area (Å²) in [6.45, 7) is 7.26. The molecule has 2 heterocycles. The van der Waals surface area contributed by atoms with Crippen molar-refractivity contribution >= 4 is 23.9 Å². The summed E-state index contributed by atoms with van der Waals surface area (Å²) in [5.41, 5.74) is -0.394. The number of carbonyl (C=O) groups excluding carboxylic acids is 4. The molecule has 272 valence electrons. The van der Waals surface area contributed by atoms with Crippen LogP contribution < -0.4 is 15.4 Å². The van der Waals surface area contributed by atoms with E-state index in [9.17, 15) is 29.4 Å². The van der Waals surface area contributed by atoms with Crippen LogP contribution in [-0.4, -0.2) is 94.7 Å². The molecule has 7 rings (SSSR count). The number of likely N-dealkylation sites (tertiary alicyclic amines) is 1. The monoisotopic (exact) mass is 703 g/mol. The first kappa shape index (κ1) is 34.8. The van der Waals surface area contributed by atoms with Gasteiger partial charge in [-0.05, 0) is 70.9 Å². The molecule has 0 aromatic heterocycles. The van der Waals surface area contributed by atoms with Crippen molar-refractivity contribution in [2.24, 2.45) is 5.41 Å². The minimum Gasteiger partial charge on any atom is -0.504 e. The van der Waals surface area contributed by atoms with Gasteiger partial charge in [-0.1, -0.05) is 36.4 Å². The molecule has 2 aromatic rings. The molecule has 2 amide bonds. The normalized spacial score (nSPS) is 29.2. The number of likely N-dealkylation sites (N-methyl/N-ethyl adjacent to an activating group) is 1. The largest absolute Gasteiger partial charge is 0.504 e. The molecule has 2 fully saturated rings. The predicted octanol–water partition coefficient (Wildman–Crippen LogP) is 2.79. The van der Waals surface area contributed by atoms with E-state index >= 15 is 0 Å². The third-order valence-corrected chi connectivity index (χ3v) is 11.0. The first-order valence-corrected chi connectivity index (χ1v) is 17.4. The lowest BCUT2D eigenvalue weighted by molar-refractivity contribution is -0.167. The van der Waals surface area contributed by atoms with E-state index in [-0.39, 0.29) is 48.8 Å². The van der Waals surface area contributed by atoms with Crippen molar-refractivity contribution in [1.29, 1.82) is 0 Å². The zero-order chi connectivity index (χ0) is 36.5. The Balaban J connectivity index is 0.968. The Morgan fingerprint density at radius 1 is 1.12 bits per heavy atom. The van der Waals surface area contributed by atoms with E-state index in [1.54, 1.807) is 32.9 Å². The molecular formula is C38H45N3O10. The fourth-order valence-corrected chi connectivity index (χ4v) is 9.42. The summed E-state index contributed by atoms with van der Waals surface area (Å²) in [7, 11) is 2.00. The number of phenols is 1. The number of nitrogens with zero attached hydrogens (tertiary/aromatic N) is 1. The molecule has 1 saturated carbocycles. The highest BCUT2D eigenvalue weighted by molar-refractivity contribution is 5.86. The Kier molecular flexibility index (Phi) is 8.37. The van der Waals surface area contributed by atoms with E-state index in [0.717, 1.165) is 29.7 Å². The fourth-order valence-electron chi connectivity index (χ4n) is 9.42. The number of fused-ring (bicyclic) bond motifs is 1. The third-order valence-electron chi connectivity index (χ3n) is 11.0. The number of benzene rings is 2. The maximum Gasteiger partial charge on any atom is 0.408 e. The molecule has 0 radical (unpaired) electrons. The zero-order valence-electron chi connectivity index (χ0n) is 29.5. The second-order valence-electron chi connectivity index (χ2n) is 15.7. The molecule has 2 aromatic carbocycles. The van der Waals surface area contributed by atoms with Gasteiger partial charge >= 0.3 is 18.0 Å². The molecule has 5 aliphatic rings. The van der Waals surface area contributed by atoms with Crippen molar-refractivity contribution in [3.8, 4) is 11.5 Å². The van der Waals surface area contributed by atoms with Crippen LogP contribution in [0.1, 0.15) is 63.6 Å². The van der Waals surface area contributed by atoms with Crippen molar-refractivity contribution in [3.63, 3.8) is 0 Å². The lowest BCUT2D eigenvalue weighted by Crippen LogP contribution is -2.70. The van der Waals surface area contributed by atoms with Gasteiger partial charge in [0.05, 0.1) is 17.4 Å². The molecule has 4 N–H and O–H groups in total. The Bertz CT molecular complexity index is 1810. The summed E-state index contributed by atoms with van der Waals surface area (Å²) in [5.74, 6) is -1.59. The summed E-state index contributed by atoms with van der Waals surface area (Å²) in [6.07, 6.45) is 0.364. The summed E-state index contributed by atoms with van der Waals surface area (Å²) >= 11 is 0. The van der Waals surface area contributed by atoms with E-state index in [2.05, 4.69) is 15.5 Å². The molecule has 7 atom stereocenters. The van der Waals surface area contributed by atoms with Gasteiger partial charge < -0.3 is 39.8 Å². The Labute approximate surface area is 296 Å². The molecule has 3 aliphatic carbocycles. The number of rotatable bonds is 10. The van der Waals surface area contributed by atoms with Gasteiger partial charge in [0, 0.05) is 43.0 Å². The molecule has 2 aliphatic heterocycles. The number of amides is 2. The van der Waals surface area contributed by atoms with Crippen molar-refractivity contribution in [2.45, 2.75) is 101 Å². The third kappa shape index (κ3) is 5.70. The average Bonchev–Trinajstić information content (AvgIpc) is 3.48. The minimum absolute atomic E-state index is 0.0319. The number of phenolic OH excluding ortho intramolecular Hbond substituents is 1. The first-order valence-electron chi connectivity index (χ1n) is 17.4. The van der Waals surface area contributed by atoms with E-state index in [0.29, 0.717) is 12.2 Å². The maximum atomic E-state index is 13.3. The van der Waals surface area contributed by atoms with Gasteiger partial charge in [-0.3, -0.25) is 14.5 Å². The van der Waals surface area contributed by atoms with Crippen LogP contribution >= 0.6 is 0 Å². The van der Waals surface area contributed by atoms with Gasteiger partial charge in [-0.2, -0.15) is 0 Å². The van der Waals surface area contributed by atoms with Crippen LogP contribution in [-0.2, 0) is 46.9 Å². The summed E-state index contributed by atoms with van der Waals surface area (Å²) < 4.78 is 22.9. The van der Waals surface area contributed by atoms with Crippen LogP contribution in [0.2, 0.25) is 0 Å². The number of hydrogen-bond acceptors (Lipinski definition) is 11. The number of alkyl carbamates (subject to hydrolysis) is 1. The smallest absolute Gasteiger partial charge is 0.408 e. The highest BCUT2D eigenvalue weighted by atomic mass is 16.6. The van der Waals surface area contributed by atoms with E-state index in [1.165, 1.54) is 6.92 Å². The van der Waals surface area contributed by atoms with E-state index < -0.39 is 58.8 Å². The quantitative estimate of drug-likeness (QED) is 0.212. The topological polar surface area (TPSA) is 173 Å². The van der Waals surface area contributed by atoms with E-state index in [4.69, 9.17) is 18.9 Å². The molecule has 13 heteroatoms. The van der Waals surface area contributed by atoms with Crippen molar-refractivity contribution in [2.75, 3.05) is 20.1 Å². The molecular weight excluding hydrogens is 658 g/mol. The van der Waals surface area contributed by atoms with Crippen LogP contribution in [0, 0.1) is 5.41 Å². The zero-order valence-corrected chi connectivity index (χ0v) is 29.5. The van der Waals surface area contributed by atoms with Gasteiger partial charge in [0.1, 0.15) is 17.4 Å². The Hall–Kier alpha value is -4.62. The van der Waals surface area contributed by atoms with E-state index in [1.807, 2.05) is 43.4 Å². The number of ether oxygens (including phenoxy) is 4. The number of esters is 2. The van der Waals surface area contributed by atoms with Gasteiger partial charge in [0.25, 0.3) is 0 Å². The summed E-state index contributed by atoms with van der Waals surface area (Å²) in [4.78, 5) is 53.8. The number of hydrogen-bond donors (Lipinski definition) is 4. The van der Waals surface area contributed by atoms with Crippen molar-refractivity contribution in [1.82, 2.24) is 15.5 Å². The summed E-state index contributed by atoms with van der Waals surface area (Å²) in [5, 5.41) is 28.5. The molecule has 2 spiro atoms. The lowest BCUT2D eigenvalue weighted by atomic mass is 9.59. The SMILES string of the molecule is C[C@H](OC(=O)CCNC(=O)[C@H](Cc1ccccc1)NC(=O)OC(C)(C)C)C(=O)OC1=CC[C@@]2(O)[C@@H]3N(C)CC34Cc3ccc(O)c5c3[C@@]2(C4)[C@H]1O5. The molecule has 13 nitrogen and oxygen atoms in total. The standard InChI is InChI=1S/C38H45N3O10/c1-21(48-27(43)14-16-39-31(44)24(17-22-9-7-6-8-10-22)40-34(46)51-35(2,3)4)32(45)49-26-13-15-38(47)33-36(20-41(33)5)18-23-11-12-25(42)29-28(23)37(38,19-36)30(26)50-29/h6-13,21,24,30,33,42,47H,14-20H2,1-5H3,(H,39,44)(H,40,46)/t21-,24-,30-,33+,36?,37-,38+/m0/s1. The van der Waals surface area contributed by atoms with Crippen LogP contribution in [0.25, 0.3) is 0 Å². The van der Waals surface area contributed by atoms with Crippen LogP contribution in [0.4, 0.5) is 4.79 Å². The number of carbonyl (C=O) groups is 4. The average molecular weight is 704 g/mol.